The second kappa shape index (κ2) is 4.00. The number of allylic oxidation sites excluding steroid dienone is 1. The molecule has 0 N–H and O–H groups in total. The van der Waals surface area contributed by atoms with E-state index in [4.69, 9.17) is 0 Å². The molecule has 1 aromatic rings. The molecule has 1 aliphatic heterocycles. The Balaban J connectivity index is 2.65. The van der Waals surface area contributed by atoms with Crippen LogP contribution < -0.4 is 16.4 Å². The van der Waals surface area contributed by atoms with Gasteiger partial charge in [0.15, 0.2) is 21.8 Å². The van der Waals surface area contributed by atoms with Crippen LogP contribution >= 0.6 is 0 Å². The second-order valence-electron chi connectivity index (χ2n) is 4.53. The Hall–Kier alpha value is -0.780. The summed E-state index contributed by atoms with van der Waals surface area (Å²) in [5.74, 6) is 0. The molecule has 0 saturated carbocycles. The minimum absolute atomic E-state index is 1.15. The molecule has 0 spiro atoms. The van der Waals surface area contributed by atoms with Crippen LogP contribution in [0.2, 0.25) is 13.6 Å². The Morgan fingerprint density at radius 3 is 2.33 bits per heavy atom. The lowest BCUT2D eigenvalue weighted by Crippen LogP contribution is -2.39. The van der Waals surface area contributed by atoms with Crippen molar-refractivity contribution in [1.82, 2.24) is 0 Å². The minimum atomic E-state index is 1.15. The van der Waals surface area contributed by atoms with Crippen LogP contribution in [0.4, 0.5) is 0 Å². The zero-order chi connectivity index (χ0) is 11.0. The molecule has 15 heavy (non-hydrogen) atoms. The smallest absolute Gasteiger partial charge is 0.133 e. The molecule has 0 nitrogen and oxygen atoms in total. The van der Waals surface area contributed by atoms with E-state index in [0.29, 0.717) is 0 Å². The molecule has 1 aliphatic rings. The van der Waals surface area contributed by atoms with Crippen molar-refractivity contribution in [2.24, 2.45) is 0 Å². The van der Waals surface area contributed by atoms with E-state index in [-0.39, 0.29) is 0 Å². The van der Waals surface area contributed by atoms with E-state index >= 15 is 0 Å². The summed E-state index contributed by atoms with van der Waals surface area (Å²) in [5, 5.41) is 1.56. The fourth-order valence-electron chi connectivity index (χ4n) is 2.65. The minimum Gasteiger partial charge on any atom is -0.133 e. The van der Waals surface area contributed by atoms with Crippen LogP contribution in [-0.2, 0) is 0 Å². The third kappa shape index (κ3) is 1.60. The number of hydrogen-bond donors (Lipinski definition) is 0. The van der Waals surface area contributed by atoms with E-state index in [1.165, 1.54) is 18.3 Å². The maximum atomic E-state index is 2.32. The first kappa shape index (κ1) is 10.7. The van der Waals surface area contributed by atoms with Gasteiger partial charge in [0.05, 0.1) is 0 Å². The number of rotatable bonds is 2. The Kier molecular flexibility index (Phi) is 2.86. The van der Waals surface area contributed by atoms with Gasteiger partial charge in [0.2, 0.25) is 0 Å². The second-order valence-corrected chi connectivity index (χ2v) is 4.53. The maximum absolute atomic E-state index is 2.32. The zero-order valence-corrected chi connectivity index (χ0v) is 10.3. The Labute approximate surface area is 95.7 Å². The van der Waals surface area contributed by atoms with Gasteiger partial charge in [-0.3, -0.25) is 0 Å². The molecule has 0 aliphatic carbocycles. The van der Waals surface area contributed by atoms with Gasteiger partial charge in [-0.1, -0.05) is 47.7 Å². The molecule has 72 valence electrons. The number of benzene rings is 1. The van der Waals surface area contributed by atoms with Crippen LogP contribution in [0.1, 0.15) is 12.5 Å². The van der Waals surface area contributed by atoms with Gasteiger partial charge in [-0.25, -0.2) is 0 Å². The third-order valence-corrected chi connectivity index (χ3v) is 3.72. The highest BCUT2D eigenvalue weighted by Crippen LogP contribution is 2.17. The summed E-state index contributed by atoms with van der Waals surface area (Å²) in [6, 6.07) is 4.64. The highest BCUT2D eigenvalue weighted by molar-refractivity contribution is 6.81. The quantitative estimate of drug-likeness (QED) is 0.489. The molecule has 0 saturated heterocycles. The monoisotopic (exact) mass is 192 g/mol. The molecule has 4 heteroatoms. The van der Waals surface area contributed by atoms with E-state index < -0.39 is 0 Å². The van der Waals surface area contributed by atoms with Crippen molar-refractivity contribution in [3.05, 3.63) is 23.1 Å². The first-order valence-electron chi connectivity index (χ1n) is 5.99. The van der Waals surface area contributed by atoms with Crippen molar-refractivity contribution in [3.8, 4) is 0 Å². The van der Waals surface area contributed by atoms with E-state index in [9.17, 15) is 0 Å². The molecular weight excluding hydrogens is 175 g/mol. The molecule has 1 heterocycles. The molecule has 1 aromatic carbocycles. The van der Waals surface area contributed by atoms with E-state index in [0.717, 1.165) is 14.6 Å². The van der Waals surface area contributed by atoms with Crippen molar-refractivity contribution < 1.29 is 0 Å². The van der Waals surface area contributed by atoms with E-state index in [1.54, 1.807) is 21.9 Å². The average Bonchev–Trinajstić information content (AvgIpc) is 2.55. The number of fused-ring (bicyclic) bond motifs is 1. The molecule has 0 atom stereocenters. The summed E-state index contributed by atoms with van der Waals surface area (Å²) < 4.78 is 0. The lowest BCUT2D eigenvalue weighted by molar-refractivity contribution is 1.69. The molecular formula is C11H16B4. The molecule has 0 unspecified atom stereocenters. The van der Waals surface area contributed by atoms with Crippen LogP contribution in [0.5, 0.6) is 0 Å². The molecule has 0 amide bonds. The largest absolute Gasteiger partial charge is 0.177 e. The van der Waals surface area contributed by atoms with Crippen molar-refractivity contribution in [3.63, 3.8) is 0 Å². The third-order valence-electron chi connectivity index (χ3n) is 3.72. The molecule has 0 fully saturated rings. The average molecular weight is 191 g/mol. The van der Waals surface area contributed by atoms with Gasteiger partial charge < -0.3 is 0 Å². The van der Waals surface area contributed by atoms with Gasteiger partial charge in [-0.05, 0) is 12.5 Å². The fraction of sp³-hybridized carbons (Fsp3) is 0.273. The first-order valence-corrected chi connectivity index (χ1v) is 5.99. The van der Waals surface area contributed by atoms with Gasteiger partial charge in [-0.15, -0.1) is 5.37 Å². The molecule has 2 rings (SSSR count). The summed E-state index contributed by atoms with van der Waals surface area (Å²) in [4.78, 5) is 0. The first-order chi connectivity index (χ1) is 7.19. The van der Waals surface area contributed by atoms with Gasteiger partial charge in [0, 0.05) is 0 Å². The van der Waals surface area contributed by atoms with E-state index in [2.05, 4.69) is 40.5 Å². The lowest BCUT2D eigenvalue weighted by atomic mass is 9.53. The fourth-order valence-corrected chi connectivity index (χ4v) is 2.65. The van der Waals surface area contributed by atoms with Gasteiger partial charge in [-0.2, -0.15) is 0 Å². The SMILES string of the molecule is BC1=C(C)c2c(BC)ccc(BC)c2B1. The summed E-state index contributed by atoms with van der Waals surface area (Å²) in [5.41, 5.74) is 7.76. The Morgan fingerprint density at radius 1 is 1.13 bits per heavy atom. The van der Waals surface area contributed by atoms with Crippen LogP contribution in [0.25, 0.3) is 5.57 Å². The zero-order valence-electron chi connectivity index (χ0n) is 10.3. The van der Waals surface area contributed by atoms with Gasteiger partial charge in [0.1, 0.15) is 7.85 Å². The van der Waals surface area contributed by atoms with Crippen LogP contribution in [0, 0.1) is 0 Å². The maximum Gasteiger partial charge on any atom is 0.177 e. The summed E-state index contributed by atoms with van der Waals surface area (Å²) in [6.07, 6.45) is 0. The highest BCUT2D eigenvalue weighted by Gasteiger charge is 2.21. The Morgan fingerprint density at radius 2 is 1.73 bits per heavy atom. The van der Waals surface area contributed by atoms with Gasteiger partial charge in [0.25, 0.3) is 0 Å². The molecule has 0 radical (unpaired) electrons. The van der Waals surface area contributed by atoms with Crippen molar-refractivity contribution in [2.45, 2.75) is 20.6 Å². The Bertz CT molecular complexity index is 434. The van der Waals surface area contributed by atoms with Crippen LogP contribution in [0.15, 0.2) is 17.5 Å². The highest BCUT2D eigenvalue weighted by atomic mass is 14.1. The summed E-state index contributed by atoms with van der Waals surface area (Å²) in [7, 11) is 5.76. The summed E-state index contributed by atoms with van der Waals surface area (Å²) >= 11 is 0. The molecule has 0 bridgehead atoms. The van der Waals surface area contributed by atoms with Crippen molar-refractivity contribution in [2.75, 3.05) is 0 Å². The van der Waals surface area contributed by atoms with E-state index in [1.807, 2.05) is 0 Å². The standard InChI is InChI=1S/C11H16B4/c1-6-9-7(13-2)4-5-8(14-3)10(9)15-11(6)12/h4-5,13-15H,12H2,1-3H3. The predicted molar refractivity (Wildman–Crippen MR) is 79.7 cm³/mol. The van der Waals surface area contributed by atoms with Crippen LogP contribution in [-0.4, -0.2) is 29.7 Å². The van der Waals surface area contributed by atoms with Crippen molar-refractivity contribution in [1.29, 1.82) is 0 Å². The van der Waals surface area contributed by atoms with Gasteiger partial charge >= 0.3 is 0 Å². The number of hydrogen-bond acceptors (Lipinski definition) is 0. The molecule has 0 aromatic heterocycles. The lowest BCUT2D eigenvalue weighted by Gasteiger charge is -2.12. The summed E-state index contributed by atoms with van der Waals surface area (Å²) in [6.45, 7) is 6.78. The normalized spacial score (nSPS) is 13.5. The van der Waals surface area contributed by atoms with Crippen molar-refractivity contribution >= 4 is 51.6 Å². The van der Waals surface area contributed by atoms with Crippen LogP contribution in [0.3, 0.4) is 0 Å². The predicted octanol–water partition coefficient (Wildman–Crippen LogP) is -1.70. The topological polar surface area (TPSA) is 0 Å².